The van der Waals surface area contributed by atoms with Gasteiger partial charge in [-0.2, -0.15) is 0 Å². The summed E-state index contributed by atoms with van der Waals surface area (Å²) in [5.74, 6) is 1.14. The van der Waals surface area contributed by atoms with Crippen molar-refractivity contribution >= 4 is 28.8 Å². The highest BCUT2D eigenvalue weighted by Gasteiger charge is 2.43. The first-order chi connectivity index (χ1) is 17.9. The molecule has 2 N–H and O–H groups in total. The molecule has 9 heteroatoms. The summed E-state index contributed by atoms with van der Waals surface area (Å²) in [7, 11) is 1.59. The quantitative estimate of drug-likeness (QED) is 0.524. The third-order valence-electron chi connectivity index (χ3n) is 8.53. The number of benzene rings is 1. The minimum atomic E-state index is -0.0824. The number of para-hydroxylation sites is 1. The van der Waals surface area contributed by atoms with E-state index in [1.807, 2.05) is 34.9 Å². The van der Waals surface area contributed by atoms with Crippen LogP contribution in [0.5, 0.6) is 5.75 Å². The molecule has 9 nitrogen and oxygen atoms in total. The maximum Gasteiger partial charge on any atom is 0.315 e. The van der Waals surface area contributed by atoms with Crippen molar-refractivity contribution in [2.45, 2.75) is 70.4 Å². The fourth-order valence-corrected chi connectivity index (χ4v) is 6.14. The Labute approximate surface area is 217 Å². The number of nitrogens with zero attached hydrogens (tertiary/aromatic N) is 2. The van der Waals surface area contributed by atoms with E-state index < -0.39 is 0 Å². The SMILES string of the molecule is COc1cccc2cc(C(=O)N3CCC4(CCN(C(=O)CCCCCC5NC(=O)NC5C)C4)CC3)oc12. The van der Waals surface area contributed by atoms with Gasteiger partial charge in [-0.1, -0.05) is 25.0 Å². The van der Waals surface area contributed by atoms with Gasteiger partial charge >= 0.3 is 6.03 Å². The van der Waals surface area contributed by atoms with Gasteiger partial charge in [0.25, 0.3) is 5.91 Å². The highest BCUT2D eigenvalue weighted by Crippen LogP contribution is 2.41. The first-order valence-electron chi connectivity index (χ1n) is 13.6. The van der Waals surface area contributed by atoms with Crippen molar-refractivity contribution in [3.8, 4) is 5.75 Å². The Morgan fingerprint density at radius 1 is 1.08 bits per heavy atom. The van der Waals surface area contributed by atoms with Crippen molar-refractivity contribution in [3.63, 3.8) is 0 Å². The van der Waals surface area contributed by atoms with Gasteiger partial charge in [-0.05, 0) is 56.6 Å². The molecule has 3 aliphatic rings. The number of piperidine rings is 1. The van der Waals surface area contributed by atoms with Crippen LogP contribution >= 0.6 is 0 Å². The summed E-state index contributed by atoms with van der Waals surface area (Å²) >= 11 is 0. The monoisotopic (exact) mass is 510 g/mol. The van der Waals surface area contributed by atoms with Crippen LogP contribution in [0.3, 0.4) is 0 Å². The minimum Gasteiger partial charge on any atom is -0.493 e. The molecule has 0 bridgehead atoms. The number of urea groups is 1. The third kappa shape index (κ3) is 5.40. The molecule has 4 heterocycles. The van der Waals surface area contributed by atoms with Crippen LogP contribution in [0.15, 0.2) is 28.7 Å². The van der Waals surface area contributed by atoms with Crippen LogP contribution in [0.1, 0.15) is 68.8 Å². The average Bonchev–Trinajstić information content (AvgIpc) is 3.60. The molecule has 37 heavy (non-hydrogen) atoms. The predicted molar refractivity (Wildman–Crippen MR) is 140 cm³/mol. The maximum atomic E-state index is 13.1. The number of unbranched alkanes of at least 4 members (excludes halogenated alkanes) is 2. The highest BCUT2D eigenvalue weighted by molar-refractivity contribution is 5.97. The third-order valence-corrected chi connectivity index (χ3v) is 8.53. The van der Waals surface area contributed by atoms with Gasteiger partial charge in [0.2, 0.25) is 5.91 Å². The Balaban J connectivity index is 1.05. The summed E-state index contributed by atoms with van der Waals surface area (Å²) in [5, 5.41) is 6.69. The van der Waals surface area contributed by atoms with E-state index in [0.29, 0.717) is 36.6 Å². The molecule has 2 atom stereocenters. The summed E-state index contributed by atoms with van der Waals surface area (Å²) in [6, 6.07) is 7.70. The van der Waals surface area contributed by atoms with E-state index in [2.05, 4.69) is 10.6 Å². The summed E-state index contributed by atoms with van der Waals surface area (Å²) in [4.78, 5) is 41.3. The smallest absolute Gasteiger partial charge is 0.315 e. The molecular formula is C28H38N4O5. The number of carbonyl (C=O) groups excluding carboxylic acids is 3. The molecule has 0 aliphatic carbocycles. The summed E-state index contributed by atoms with van der Waals surface area (Å²) in [6.07, 6.45) is 7.24. The van der Waals surface area contributed by atoms with Crippen LogP contribution in [0.4, 0.5) is 4.79 Å². The Hall–Kier alpha value is -3.23. The topological polar surface area (TPSA) is 104 Å². The van der Waals surface area contributed by atoms with Crippen molar-refractivity contribution in [1.29, 1.82) is 0 Å². The standard InChI is InChI=1S/C28H38N4O5/c1-19-21(30-27(35)29-19)8-4-3-5-10-24(33)32-16-13-28(18-32)11-14-31(15-12-28)26(34)23-17-20-7-6-9-22(36-2)25(20)37-23/h6-7,9,17,19,21H,3-5,8,10-16,18H2,1-2H3,(H2,29,30,35). The number of hydrogen-bond acceptors (Lipinski definition) is 5. The average molecular weight is 511 g/mol. The second-order valence-electron chi connectivity index (χ2n) is 11.0. The number of methoxy groups -OCH3 is 1. The van der Waals surface area contributed by atoms with Gasteiger partial charge in [0.1, 0.15) is 0 Å². The number of carbonyl (C=O) groups is 3. The highest BCUT2D eigenvalue weighted by atomic mass is 16.5. The van der Waals surface area contributed by atoms with Crippen LogP contribution in [0.25, 0.3) is 11.0 Å². The molecule has 3 aliphatic heterocycles. The van der Waals surface area contributed by atoms with E-state index in [9.17, 15) is 14.4 Å². The second kappa shape index (κ2) is 10.6. The molecule has 3 saturated heterocycles. The van der Waals surface area contributed by atoms with Crippen molar-refractivity contribution in [3.05, 3.63) is 30.0 Å². The van der Waals surface area contributed by atoms with E-state index in [1.165, 1.54) is 0 Å². The number of rotatable bonds is 8. The van der Waals surface area contributed by atoms with Crippen LogP contribution in [-0.2, 0) is 4.79 Å². The first-order valence-corrected chi connectivity index (χ1v) is 13.6. The molecule has 0 radical (unpaired) electrons. The number of amides is 4. The summed E-state index contributed by atoms with van der Waals surface area (Å²) < 4.78 is 11.2. The van der Waals surface area contributed by atoms with Gasteiger partial charge in [0.15, 0.2) is 17.1 Å². The molecule has 1 spiro atoms. The molecule has 1 aromatic carbocycles. The zero-order valence-corrected chi connectivity index (χ0v) is 21.9. The number of fused-ring (bicyclic) bond motifs is 1. The van der Waals surface area contributed by atoms with Gasteiger partial charge in [0, 0.05) is 44.0 Å². The molecule has 0 saturated carbocycles. The van der Waals surface area contributed by atoms with Gasteiger partial charge in [-0.25, -0.2) is 4.79 Å². The Morgan fingerprint density at radius 3 is 2.54 bits per heavy atom. The van der Waals surface area contributed by atoms with Crippen molar-refractivity contribution < 1.29 is 23.5 Å². The van der Waals surface area contributed by atoms with Crippen LogP contribution in [0.2, 0.25) is 0 Å². The maximum absolute atomic E-state index is 13.1. The lowest BCUT2D eigenvalue weighted by Gasteiger charge is -2.39. The summed E-state index contributed by atoms with van der Waals surface area (Å²) in [6.45, 7) is 4.99. The first kappa shape index (κ1) is 25.4. The zero-order valence-electron chi connectivity index (χ0n) is 21.9. The van der Waals surface area contributed by atoms with E-state index in [1.54, 1.807) is 13.2 Å². The number of nitrogens with one attached hydrogen (secondary N) is 2. The predicted octanol–water partition coefficient (Wildman–Crippen LogP) is 3.92. The number of hydrogen-bond donors (Lipinski definition) is 2. The Morgan fingerprint density at radius 2 is 1.84 bits per heavy atom. The van der Waals surface area contributed by atoms with Crippen LogP contribution in [-0.4, -0.2) is 73.0 Å². The second-order valence-corrected chi connectivity index (χ2v) is 11.0. The van der Waals surface area contributed by atoms with E-state index in [0.717, 1.165) is 63.4 Å². The van der Waals surface area contributed by atoms with Crippen LogP contribution in [0, 0.1) is 5.41 Å². The van der Waals surface area contributed by atoms with Crippen molar-refractivity contribution in [2.24, 2.45) is 5.41 Å². The lowest BCUT2D eigenvalue weighted by molar-refractivity contribution is -0.130. The van der Waals surface area contributed by atoms with E-state index in [4.69, 9.17) is 9.15 Å². The molecule has 1 aromatic heterocycles. The molecule has 200 valence electrons. The lowest BCUT2D eigenvalue weighted by Crippen LogP contribution is -2.44. The van der Waals surface area contributed by atoms with Crippen LogP contribution < -0.4 is 15.4 Å². The van der Waals surface area contributed by atoms with Gasteiger partial charge < -0.3 is 29.6 Å². The zero-order chi connectivity index (χ0) is 26.0. The molecule has 2 unspecified atom stereocenters. The van der Waals surface area contributed by atoms with Gasteiger partial charge in [-0.15, -0.1) is 0 Å². The van der Waals surface area contributed by atoms with E-state index >= 15 is 0 Å². The Bertz CT molecular complexity index is 1150. The molecule has 5 rings (SSSR count). The van der Waals surface area contributed by atoms with Crippen molar-refractivity contribution in [2.75, 3.05) is 33.3 Å². The molecular weight excluding hydrogens is 472 g/mol. The summed E-state index contributed by atoms with van der Waals surface area (Å²) in [5.41, 5.74) is 0.719. The largest absolute Gasteiger partial charge is 0.493 e. The normalized spacial score (nSPS) is 22.9. The van der Waals surface area contributed by atoms with Gasteiger partial charge in [0.05, 0.1) is 13.2 Å². The van der Waals surface area contributed by atoms with Crippen molar-refractivity contribution in [1.82, 2.24) is 20.4 Å². The molecule has 2 aromatic rings. The fourth-order valence-electron chi connectivity index (χ4n) is 6.14. The fraction of sp³-hybridized carbons (Fsp3) is 0.607. The van der Waals surface area contributed by atoms with Gasteiger partial charge in [-0.3, -0.25) is 9.59 Å². The number of likely N-dealkylation sites (tertiary alicyclic amines) is 2. The molecule has 3 fully saturated rings. The Kier molecular flexibility index (Phi) is 7.31. The lowest BCUT2D eigenvalue weighted by atomic mass is 9.77. The number of furan rings is 1. The van der Waals surface area contributed by atoms with E-state index in [-0.39, 0.29) is 35.3 Å². The number of ether oxygens (including phenoxy) is 1. The molecule has 4 amide bonds. The minimum absolute atomic E-state index is 0.0821.